The summed E-state index contributed by atoms with van der Waals surface area (Å²) in [5.74, 6) is 0.0999. The van der Waals surface area contributed by atoms with Gasteiger partial charge in [-0.05, 0) is 49.8 Å². The summed E-state index contributed by atoms with van der Waals surface area (Å²) in [5.41, 5.74) is 0.762. The molecule has 1 aliphatic rings. The van der Waals surface area contributed by atoms with Gasteiger partial charge in [-0.3, -0.25) is 9.59 Å². The van der Waals surface area contributed by atoms with E-state index in [-0.39, 0.29) is 24.1 Å². The number of carbonyl (C=O) groups is 2. The molecule has 150 valence electrons. The van der Waals surface area contributed by atoms with Crippen LogP contribution in [0.5, 0.6) is 0 Å². The molecule has 27 heavy (non-hydrogen) atoms. The standard InChI is InChI=1S/C21H31FN2O3/c1-23(20(25)10-5-11-21(26)27-2)15-17-7-6-13-24(16-17)14-12-18-8-3-4-9-19(18)22/h3-4,8-9,17H,5-7,10-16H2,1-2H3. The lowest BCUT2D eigenvalue weighted by atomic mass is 9.97. The van der Waals surface area contributed by atoms with Gasteiger partial charge in [0.15, 0.2) is 0 Å². The Morgan fingerprint density at radius 2 is 2.07 bits per heavy atom. The van der Waals surface area contributed by atoms with Crippen molar-refractivity contribution in [2.75, 3.05) is 40.3 Å². The van der Waals surface area contributed by atoms with Crippen LogP contribution in [0.4, 0.5) is 4.39 Å². The van der Waals surface area contributed by atoms with E-state index in [0.29, 0.717) is 25.2 Å². The van der Waals surface area contributed by atoms with Gasteiger partial charge >= 0.3 is 5.97 Å². The van der Waals surface area contributed by atoms with E-state index in [9.17, 15) is 14.0 Å². The van der Waals surface area contributed by atoms with Crippen LogP contribution < -0.4 is 0 Å². The summed E-state index contributed by atoms with van der Waals surface area (Å²) in [6, 6.07) is 6.94. The summed E-state index contributed by atoms with van der Waals surface area (Å²) in [6.07, 6.45) is 4.10. The van der Waals surface area contributed by atoms with Crippen LogP contribution in [0.25, 0.3) is 0 Å². The highest BCUT2D eigenvalue weighted by molar-refractivity contribution is 5.77. The van der Waals surface area contributed by atoms with Gasteiger partial charge in [0, 0.05) is 39.5 Å². The number of rotatable bonds is 9. The minimum atomic E-state index is -0.275. The molecule has 0 N–H and O–H groups in total. The third-order valence-corrected chi connectivity index (χ3v) is 5.22. The number of esters is 1. The summed E-state index contributed by atoms with van der Waals surface area (Å²) >= 11 is 0. The number of likely N-dealkylation sites (tertiary alicyclic amines) is 1. The molecule has 1 fully saturated rings. The zero-order chi connectivity index (χ0) is 19.6. The number of carbonyl (C=O) groups excluding carboxylic acids is 2. The SMILES string of the molecule is COC(=O)CCCC(=O)N(C)CC1CCCN(CCc2ccccc2F)C1. The number of piperidine rings is 1. The molecule has 0 saturated carbocycles. The van der Waals surface area contributed by atoms with Gasteiger partial charge in [-0.25, -0.2) is 4.39 Å². The maximum Gasteiger partial charge on any atom is 0.305 e. The van der Waals surface area contributed by atoms with Crippen molar-refractivity contribution in [3.05, 3.63) is 35.6 Å². The molecule has 0 aromatic heterocycles. The number of hydrogen-bond acceptors (Lipinski definition) is 4. The topological polar surface area (TPSA) is 49.9 Å². The van der Waals surface area contributed by atoms with Crippen LogP contribution in [0.3, 0.4) is 0 Å². The molecule has 1 amide bonds. The van der Waals surface area contributed by atoms with Crippen LogP contribution >= 0.6 is 0 Å². The maximum absolute atomic E-state index is 13.8. The molecule has 1 heterocycles. The molecule has 6 heteroatoms. The second-order valence-corrected chi connectivity index (χ2v) is 7.35. The molecule has 0 aliphatic carbocycles. The Balaban J connectivity index is 1.72. The molecule has 2 rings (SSSR count). The van der Waals surface area contributed by atoms with Crippen molar-refractivity contribution >= 4 is 11.9 Å². The Hall–Kier alpha value is -1.95. The van der Waals surface area contributed by atoms with Gasteiger partial charge in [-0.2, -0.15) is 0 Å². The van der Waals surface area contributed by atoms with Crippen molar-refractivity contribution < 1.29 is 18.7 Å². The van der Waals surface area contributed by atoms with E-state index in [1.54, 1.807) is 11.0 Å². The fourth-order valence-electron chi connectivity index (χ4n) is 3.65. The Labute approximate surface area is 161 Å². The van der Waals surface area contributed by atoms with Crippen molar-refractivity contribution in [3.8, 4) is 0 Å². The normalized spacial score (nSPS) is 17.5. The van der Waals surface area contributed by atoms with Gasteiger partial charge < -0.3 is 14.5 Å². The van der Waals surface area contributed by atoms with Gasteiger partial charge in [0.2, 0.25) is 5.91 Å². The van der Waals surface area contributed by atoms with Crippen LogP contribution in [0.1, 0.15) is 37.7 Å². The van der Waals surface area contributed by atoms with Crippen molar-refractivity contribution in [2.45, 2.75) is 38.5 Å². The third-order valence-electron chi connectivity index (χ3n) is 5.22. The van der Waals surface area contributed by atoms with E-state index in [1.807, 2.05) is 19.2 Å². The molecule has 0 spiro atoms. The molecular formula is C21H31FN2O3. The fourth-order valence-corrected chi connectivity index (χ4v) is 3.65. The van der Waals surface area contributed by atoms with Gasteiger partial charge in [0.25, 0.3) is 0 Å². The third kappa shape index (κ3) is 7.29. The largest absolute Gasteiger partial charge is 0.469 e. The maximum atomic E-state index is 13.8. The van der Waals surface area contributed by atoms with E-state index in [1.165, 1.54) is 13.2 Å². The fraction of sp³-hybridized carbons (Fsp3) is 0.619. The first-order chi connectivity index (χ1) is 13.0. The molecule has 1 saturated heterocycles. The van der Waals surface area contributed by atoms with Crippen LogP contribution in [0.15, 0.2) is 24.3 Å². The Morgan fingerprint density at radius 1 is 1.30 bits per heavy atom. The highest BCUT2D eigenvalue weighted by Crippen LogP contribution is 2.19. The Kier molecular flexibility index (Phi) is 8.72. The lowest BCUT2D eigenvalue weighted by molar-refractivity contribution is -0.140. The first kappa shape index (κ1) is 21.4. The lowest BCUT2D eigenvalue weighted by Crippen LogP contribution is -2.42. The zero-order valence-corrected chi connectivity index (χ0v) is 16.5. The lowest BCUT2D eigenvalue weighted by Gasteiger charge is -2.34. The predicted molar refractivity (Wildman–Crippen MR) is 103 cm³/mol. The molecule has 5 nitrogen and oxygen atoms in total. The molecule has 1 aromatic carbocycles. The second kappa shape index (κ2) is 11.0. The molecule has 1 aromatic rings. The molecular weight excluding hydrogens is 347 g/mol. The first-order valence-corrected chi connectivity index (χ1v) is 9.76. The summed E-state index contributed by atoms with van der Waals surface area (Å²) in [6.45, 7) is 3.54. The quantitative estimate of drug-likeness (QED) is 0.620. The van der Waals surface area contributed by atoms with Gasteiger partial charge in [0.05, 0.1) is 7.11 Å². The number of nitrogens with zero attached hydrogens (tertiary/aromatic N) is 2. The Morgan fingerprint density at radius 3 is 2.81 bits per heavy atom. The summed E-state index contributed by atoms with van der Waals surface area (Å²) in [7, 11) is 3.19. The number of amides is 1. The van der Waals surface area contributed by atoms with Crippen molar-refractivity contribution in [1.29, 1.82) is 0 Å². The van der Waals surface area contributed by atoms with Crippen LogP contribution in [-0.4, -0.2) is 62.0 Å². The molecule has 1 aliphatic heterocycles. The minimum Gasteiger partial charge on any atom is -0.469 e. The van der Waals surface area contributed by atoms with Crippen LogP contribution in [0.2, 0.25) is 0 Å². The van der Waals surface area contributed by atoms with Gasteiger partial charge in [-0.1, -0.05) is 18.2 Å². The number of benzene rings is 1. The summed E-state index contributed by atoms with van der Waals surface area (Å²) in [4.78, 5) is 27.5. The van der Waals surface area contributed by atoms with Crippen molar-refractivity contribution in [2.24, 2.45) is 5.92 Å². The van der Waals surface area contributed by atoms with E-state index >= 15 is 0 Å². The average molecular weight is 378 g/mol. The minimum absolute atomic E-state index is 0.0717. The van der Waals surface area contributed by atoms with Crippen LogP contribution in [0, 0.1) is 11.7 Å². The van der Waals surface area contributed by atoms with E-state index in [0.717, 1.165) is 44.6 Å². The average Bonchev–Trinajstić information content (AvgIpc) is 2.67. The highest BCUT2D eigenvalue weighted by atomic mass is 19.1. The molecule has 0 bridgehead atoms. The second-order valence-electron chi connectivity index (χ2n) is 7.35. The number of halogens is 1. The first-order valence-electron chi connectivity index (χ1n) is 9.76. The molecule has 1 unspecified atom stereocenters. The van der Waals surface area contributed by atoms with Crippen molar-refractivity contribution in [1.82, 2.24) is 9.80 Å². The monoisotopic (exact) mass is 378 g/mol. The van der Waals surface area contributed by atoms with Gasteiger partial charge in [-0.15, -0.1) is 0 Å². The smallest absolute Gasteiger partial charge is 0.305 e. The molecule has 1 atom stereocenters. The number of ether oxygens (including phenoxy) is 1. The van der Waals surface area contributed by atoms with Crippen LogP contribution in [-0.2, 0) is 20.7 Å². The van der Waals surface area contributed by atoms with E-state index < -0.39 is 0 Å². The zero-order valence-electron chi connectivity index (χ0n) is 16.5. The van der Waals surface area contributed by atoms with Crippen molar-refractivity contribution in [3.63, 3.8) is 0 Å². The number of hydrogen-bond donors (Lipinski definition) is 0. The summed E-state index contributed by atoms with van der Waals surface area (Å²) < 4.78 is 18.4. The Bertz CT molecular complexity index is 623. The van der Waals surface area contributed by atoms with E-state index in [2.05, 4.69) is 9.64 Å². The highest BCUT2D eigenvalue weighted by Gasteiger charge is 2.22. The number of methoxy groups -OCH3 is 1. The molecule has 0 radical (unpaired) electrons. The van der Waals surface area contributed by atoms with Gasteiger partial charge in [0.1, 0.15) is 5.82 Å². The predicted octanol–water partition coefficient (Wildman–Crippen LogP) is 2.88. The summed E-state index contributed by atoms with van der Waals surface area (Å²) in [5, 5.41) is 0. The van der Waals surface area contributed by atoms with E-state index in [4.69, 9.17) is 0 Å².